The topological polar surface area (TPSA) is 90.9 Å². The Labute approximate surface area is 164 Å². The fourth-order valence-electron chi connectivity index (χ4n) is 3.07. The molecule has 8 heteroatoms. The van der Waals surface area contributed by atoms with E-state index < -0.39 is 4.92 Å². The predicted molar refractivity (Wildman–Crippen MR) is 106 cm³/mol. The van der Waals surface area contributed by atoms with Crippen molar-refractivity contribution in [2.45, 2.75) is 25.6 Å². The van der Waals surface area contributed by atoms with E-state index in [1.165, 1.54) is 12.1 Å². The second-order valence-corrected chi connectivity index (χ2v) is 6.48. The highest BCUT2D eigenvalue weighted by Gasteiger charge is 2.19. The largest absolute Gasteiger partial charge is 0.493 e. The number of nitro benzene ring substituents is 1. The molecule has 1 atom stereocenters. The summed E-state index contributed by atoms with van der Waals surface area (Å²) in [6.45, 7) is 3.05. The van der Waals surface area contributed by atoms with Gasteiger partial charge in [-0.2, -0.15) is 0 Å². The summed E-state index contributed by atoms with van der Waals surface area (Å²) >= 11 is 0. The Kier molecular flexibility index (Phi) is 7.41. The van der Waals surface area contributed by atoms with Gasteiger partial charge in [-0.3, -0.25) is 15.0 Å². The van der Waals surface area contributed by atoms with Crippen LogP contribution in [-0.4, -0.2) is 36.1 Å². The summed E-state index contributed by atoms with van der Waals surface area (Å²) in [5.41, 5.74) is 8.03. The van der Waals surface area contributed by atoms with Crippen molar-refractivity contribution in [1.29, 1.82) is 0 Å². The number of hydrogen-bond acceptors (Lipinski definition) is 6. The number of methoxy groups -OCH3 is 1. The Morgan fingerprint density at radius 2 is 1.89 bits per heavy atom. The highest BCUT2D eigenvalue weighted by Crippen LogP contribution is 2.30. The minimum Gasteiger partial charge on any atom is -0.493 e. The molecule has 0 bridgehead atoms. The van der Waals surface area contributed by atoms with Gasteiger partial charge in [0.2, 0.25) is 0 Å². The lowest BCUT2D eigenvalue weighted by molar-refractivity contribution is -0.384. The molecule has 7 nitrogen and oxygen atoms in total. The minimum atomic E-state index is -0.415. The molecule has 0 spiro atoms. The highest BCUT2D eigenvalue weighted by molar-refractivity contribution is 5.85. The van der Waals surface area contributed by atoms with E-state index >= 15 is 0 Å². The fourth-order valence-corrected chi connectivity index (χ4v) is 3.07. The average Bonchev–Trinajstić information content (AvgIpc) is 3.05. The molecular weight excluding hydrogens is 370 g/mol. The zero-order valence-electron chi connectivity index (χ0n) is 15.2. The fraction of sp³-hybridized carbons (Fsp3) is 0.368. The van der Waals surface area contributed by atoms with Crippen molar-refractivity contribution in [3.63, 3.8) is 0 Å². The van der Waals surface area contributed by atoms with Gasteiger partial charge in [0.15, 0.2) is 11.5 Å². The van der Waals surface area contributed by atoms with Crippen molar-refractivity contribution < 1.29 is 14.4 Å². The van der Waals surface area contributed by atoms with Crippen LogP contribution >= 0.6 is 12.4 Å². The Morgan fingerprint density at radius 1 is 1.19 bits per heavy atom. The van der Waals surface area contributed by atoms with Crippen molar-refractivity contribution in [3.05, 3.63) is 63.7 Å². The van der Waals surface area contributed by atoms with E-state index in [-0.39, 0.29) is 24.1 Å². The van der Waals surface area contributed by atoms with E-state index in [4.69, 9.17) is 15.2 Å². The molecule has 2 aromatic carbocycles. The van der Waals surface area contributed by atoms with Crippen LogP contribution in [0.5, 0.6) is 11.5 Å². The number of nitrogens with zero attached hydrogens (tertiary/aromatic N) is 2. The van der Waals surface area contributed by atoms with Crippen LogP contribution < -0.4 is 15.2 Å². The zero-order valence-corrected chi connectivity index (χ0v) is 16.0. The third-order valence-electron chi connectivity index (χ3n) is 4.48. The van der Waals surface area contributed by atoms with Gasteiger partial charge in [-0.1, -0.05) is 6.07 Å². The number of ether oxygens (including phenoxy) is 2. The van der Waals surface area contributed by atoms with Crippen LogP contribution in [0.4, 0.5) is 5.69 Å². The number of benzene rings is 2. The number of nitro groups is 1. The highest BCUT2D eigenvalue weighted by atomic mass is 35.5. The first-order valence-electron chi connectivity index (χ1n) is 8.56. The molecule has 0 saturated carbocycles. The monoisotopic (exact) mass is 393 g/mol. The Bertz CT molecular complexity index is 770. The van der Waals surface area contributed by atoms with Crippen LogP contribution in [0.2, 0.25) is 0 Å². The number of nitrogens with two attached hydrogens (primary N) is 1. The maximum atomic E-state index is 10.7. The van der Waals surface area contributed by atoms with E-state index in [0.29, 0.717) is 18.1 Å². The molecule has 3 rings (SSSR count). The lowest BCUT2D eigenvalue weighted by Gasteiger charge is -2.17. The Morgan fingerprint density at radius 3 is 2.48 bits per heavy atom. The van der Waals surface area contributed by atoms with Crippen molar-refractivity contribution in [2.75, 3.05) is 20.2 Å². The second-order valence-electron chi connectivity index (χ2n) is 6.48. The van der Waals surface area contributed by atoms with Crippen molar-refractivity contribution in [1.82, 2.24) is 4.90 Å². The molecule has 1 heterocycles. The van der Waals surface area contributed by atoms with E-state index in [1.807, 2.05) is 18.2 Å². The molecule has 2 N–H and O–H groups in total. The summed E-state index contributed by atoms with van der Waals surface area (Å²) in [6, 6.07) is 12.5. The smallest absolute Gasteiger partial charge is 0.269 e. The van der Waals surface area contributed by atoms with E-state index in [0.717, 1.165) is 37.2 Å². The molecule has 1 aliphatic rings. The summed E-state index contributed by atoms with van der Waals surface area (Å²) in [5, 5.41) is 10.7. The van der Waals surface area contributed by atoms with Gasteiger partial charge in [-0.15, -0.1) is 12.4 Å². The van der Waals surface area contributed by atoms with Crippen LogP contribution in [0.15, 0.2) is 42.5 Å². The van der Waals surface area contributed by atoms with Gasteiger partial charge in [0.1, 0.15) is 6.61 Å². The first-order valence-corrected chi connectivity index (χ1v) is 8.56. The van der Waals surface area contributed by atoms with Crippen molar-refractivity contribution >= 4 is 18.1 Å². The maximum Gasteiger partial charge on any atom is 0.269 e. The van der Waals surface area contributed by atoms with Gasteiger partial charge in [-0.05, 0) is 41.8 Å². The van der Waals surface area contributed by atoms with Crippen LogP contribution in [-0.2, 0) is 13.2 Å². The van der Waals surface area contributed by atoms with Gasteiger partial charge in [0.25, 0.3) is 5.69 Å². The lowest BCUT2D eigenvalue weighted by atomic mass is 10.2. The van der Waals surface area contributed by atoms with Gasteiger partial charge in [-0.25, -0.2) is 0 Å². The van der Waals surface area contributed by atoms with Crippen LogP contribution in [0.1, 0.15) is 17.5 Å². The van der Waals surface area contributed by atoms with Crippen molar-refractivity contribution in [3.8, 4) is 11.5 Å². The molecule has 0 unspecified atom stereocenters. The van der Waals surface area contributed by atoms with E-state index in [2.05, 4.69) is 4.90 Å². The predicted octanol–water partition coefficient (Wildman–Crippen LogP) is 3.14. The maximum absolute atomic E-state index is 10.7. The Hall–Kier alpha value is -2.35. The number of likely N-dealkylation sites (tertiary alicyclic amines) is 1. The summed E-state index contributed by atoms with van der Waals surface area (Å²) in [4.78, 5) is 12.6. The standard InChI is InChI=1S/C19H23N3O4.ClH/c1-25-18-7-4-15(11-21-9-8-16(20)12-21)10-19(18)26-13-14-2-5-17(6-3-14)22(23)24;/h2-7,10,16H,8-9,11-13,20H2,1H3;1H/t16-;/m1./s1. The van der Waals surface area contributed by atoms with E-state index in [9.17, 15) is 10.1 Å². The Balaban J connectivity index is 0.00000261. The van der Waals surface area contributed by atoms with Gasteiger partial charge < -0.3 is 15.2 Å². The van der Waals surface area contributed by atoms with Crippen LogP contribution in [0.3, 0.4) is 0 Å². The third-order valence-corrected chi connectivity index (χ3v) is 4.48. The van der Waals surface area contributed by atoms with Gasteiger partial charge in [0.05, 0.1) is 12.0 Å². The molecule has 1 aliphatic heterocycles. The summed E-state index contributed by atoms with van der Waals surface area (Å²) in [7, 11) is 1.60. The SMILES string of the molecule is COc1ccc(CN2CC[C@@H](N)C2)cc1OCc1ccc([N+](=O)[O-])cc1.Cl. The summed E-state index contributed by atoms with van der Waals surface area (Å²) in [5.74, 6) is 1.32. The minimum absolute atomic E-state index is 0. The van der Waals surface area contributed by atoms with Gasteiger partial charge >= 0.3 is 0 Å². The van der Waals surface area contributed by atoms with Crippen LogP contribution in [0.25, 0.3) is 0 Å². The molecule has 146 valence electrons. The molecule has 1 saturated heterocycles. The molecule has 2 aromatic rings. The molecule has 0 aromatic heterocycles. The molecule has 0 radical (unpaired) electrons. The van der Waals surface area contributed by atoms with E-state index in [1.54, 1.807) is 19.2 Å². The lowest BCUT2D eigenvalue weighted by Crippen LogP contribution is -2.26. The third kappa shape index (κ3) is 5.56. The van der Waals surface area contributed by atoms with Crippen LogP contribution in [0, 0.1) is 10.1 Å². The molecule has 0 aliphatic carbocycles. The number of hydrogen-bond donors (Lipinski definition) is 1. The van der Waals surface area contributed by atoms with Gasteiger partial charge in [0, 0.05) is 37.8 Å². The first-order chi connectivity index (χ1) is 12.5. The molecule has 0 amide bonds. The van der Waals surface area contributed by atoms with Crippen molar-refractivity contribution in [2.24, 2.45) is 5.73 Å². The second kappa shape index (κ2) is 9.55. The molecule has 27 heavy (non-hydrogen) atoms. The average molecular weight is 394 g/mol. The number of rotatable bonds is 7. The molecular formula is C19H24ClN3O4. The molecule has 1 fully saturated rings. The summed E-state index contributed by atoms with van der Waals surface area (Å²) < 4.78 is 11.3. The first kappa shape index (κ1) is 21.0. The summed E-state index contributed by atoms with van der Waals surface area (Å²) in [6.07, 6.45) is 1.03. The number of halogens is 1. The zero-order chi connectivity index (χ0) is 18.5. The quantitative estimate of drug-likeness (QED) is 0.574. The normalized spacial score (nSPS) is 16.6. The number of non-ortho nitro benzene ring substituents is 1.